The van der Waals surface area contributed by atoms with E-state index in [2.05, 4.69) is 20.2 Å². The second-order valence-corrected chi connectivity index (χ2v) is 5.68. The van der Waals surface area contributed by atoms with Crippen LogP contribution in [-0.2, 0) is 6.61 Å². The van der Waals surface area contributed by atoms with Gasteiger partial charge in [0.1, 0.15) is 23.7 Å². The molecule has 0 spiro atoms. The van der Waals surface area contributed by atoms with Crippen molar-refractivity contribution in [2.24, 2.45) is 0 Å². The maximum Gasteiger partial charge on any atom is 0.279 e. The van der Waals surface area contributed by atoms with Crippen LogP contribution in [0.1, 0.15) is 31.3 Å². The number of benzene rings is 1. The topological polar surface area (TPSA) is 83.7 Å². The number of nitrogens with zero attached hydrogens (tertiary/aromatic N) is 2. The van der Waals surface area contributed by atoms with Gasteiger partial charge in [0.2, 0.25) is 0 Å². The van der Waals surface area contributed by atoms with Gasteiger partial charge in [0.25, 0.3) is 5.56 Å². The minimum atomic E-state index is -0.275. The fourth-order valence-electron chi connectivity index (χ4n) is 2.13. The summed E-state index contributed by atoms with van der Waals surface area (Å²) < 4.78 is 5.61. The van der Waals surface area contributed by atoms with Crippen LogP contribution < -0.4 is 10.3 Å². The third-order valence-corrected chi connectivity index (χ3v) is 3.51. The maximum absolute atomic E-state index is 12.0. The van der Waals surface area contributed by atoms with Gasteiger partial charge in [0, 0.05) is 5.02 Å². The molecule has 0 aliphatic carbocycles. The van der Waals surface area contributed by atoms with Crippen molar-refractivity contribution >= 4 is 22.6 Å². The Hall–Kier alpha value is -2.34. The van der Waals surface area contributed by atoms with Crippen LogP contribution in [-0.4, -0.2) is 20.2 Å². The Morgan fingerprint density at radius 1 is 1.23 bits per heavy atom. The molecule has 1 aromatic carbocycles. The lowest BCUT2D eigenvalue weighted by Gasteiger charge is -2.06. The Bertz CT molecular complexity index is 852. The van der Waals surface area contributed by atoms with Gasteiger partial charge in [-0.25, -0.2) is 4.98 Å². The third kappa shape index (κ3) is 2.82. The Morgan fingerprint density at radius 2 is 1.95 bits per heavy atom. The minimum Gasteiger partial charge on any atom is -0.486 e. The van der Waals surface area contributed by atoms with Crippen LogP contribution in [0, 0.1) is 0 Å². The molecule has 22 heavy (non-hydrogen) atoms. The molecule has 0 radical (unpaired) electrons. The van der Waals surface area contributed by atoms with Gasteiger partial charge in [-0.05, 0) is 30.2 Å². The van der Waals surface area contributed by atoms with E-state index in [4.69, 9.17) is 16.3 Å². The van der Waals surface area contributed by atoms with Gasteiger partial charge in [-0.2, -0.15) is 5.10 Å². The number of aromatic amines is 2. The molecule has 2 aromatic heterocycles. The molecule has 0 saturated carbocycles. The van der Waals surface area contributed by atoms with Crippen molar-refractivity contribution in [1.29, 1.82) is 0 Å². The van der Waals surface area contributed by atoms with E-state index in [0.717, 1.165) is 5.69 Å². The summed E-state index contributed by atoms with van der Waals surface area (Å²) in [5, 5.41) is 7.53. The molecule has 3 rings (SSSR count). The Balaban J connectivity index is 1.89. The van der Waals surface area contributed by atoms with Gasteiger partial charge < -0.3 is 9.72 Å². The fraction of sp³-hybridized carbons (Fsp3) is 0.267. The van der Waals surface area contributed by atoms with Crippen LogP contribution in [0.15, 0.2) is 29.1 Å². The molecule has 0 saturated heterocycles. The zero-order valence-electron chi connectivity index (χ0n) is 12.2. The zero-order valence-corrected chi connectivity index (χ0v) is 12.9. The van der Waals surface area contributed by atoms with E-state index in [1.807, 2.05) is 13.8 Å². The summed E-state index contributed by atoms with van der Waals surface area (Å²) in [5.41, 5.74) is 1.48. The second-order valence-electron chi connectivity index (χ2n) is 5.24. The first-order valence-electron chi connectivity index (χ1n) is 6.90. The summed E-state index contributed by atoms with van der Waals surface area (Å²) >= 11 is 5.82. The quantitative estimate of drug-likeness (QED) is 0.774. The van der Waals surface area contributed by atoms with Crippen LogP contribution in [0.4, 0.5) is 0 Å². The molecular weight excluding hydrogens is 304 g/mol. The molecule has 3 aromatic rings. The molecule has 0 bridgehead atoms. The predicted octanol–water partition coefficient (Wildman–Crippen LogP) is 3.00. The number of halogens is 1. The Labute approximate surface area is 131 Å². The lowest BCUT2D eigenvalue weighted by atomic mass is 10.1. The van der Waals surface area contributed by atoms with Crippen molar-refractivity contribution in [1.82, 2.24) is 20.2 Å². The van der Waals surface area contributed by atoms with Gasteiger partial charge in [0.15, 0.2) is 5.52 Å². The second kappa shape index (κ2) is 5.81. The van der Waals surface area contributed by atoms with Crippen molar-refractivity contribution in [3.05, 3.63) is 51.2 Å². The molecule has 0 fully saturated rings. The first-order chi connectivity index (χ1) is 10.5. The Morgan fingerprint density at radius 3 is 2.64 bits per heavy atom. The lowest BCUT2D eigenvalue weighted by Crippen LogP contribution is -2.13. The zero-order chi connectivity index (χ0) is 15.7. The van der Waals surface area contributed by atoms with E-state index in [-0.39, 0.29) is 18.1 Å². The van der Waals surface area contributed by atoms with E-state index in [1.165, 1.54) is 0 Å². The molecule has 0 unspecified atom stereocenters. The van der Waals surface area contributed by atoms with Crippen molar-refractivity contribution in [2.45, 2.75) is 26.4 Å². The molecule has 0 aliphatic heterocycles. The van der Waals surface area contributed by atoms with Gasteiger partial charge in [0.05, 0.1) is 5.69 Å². The molecule has 2 N–H and O–H groups in total. The van der Waals surface area contributed by atoms with Crippen molar-refractivity contribution in [3.63, 3.8) is 0 Å². The molecule has 6 nitrogen and oxygen atoms in total. The highest BCUT2D eigenvalue weighted by molar-refractivity contribution is 6.30. The van der Waals surface area contributed by atoms with Crippen molar-refractivity contribution < 1.29 is 4.74 Å². The fourth-order valence-corrected chi connectivity index (χ4v) is 2.25. The van der Waals surface area contributed by atoms with Crippen LogP contribution in [0.25, 0.3) is 11.0 Å². The number of fused-ring (bicyclic) bond motifs is 1. The smallest absolute Gasteiger partial charge is 0.279 e. The number of aromatic nitrogens is 4. The summed E-state index contributed by atoms with van der Waals surface area (Å²) in [4.78, 5) is 19.2. The number of hydrogen-bond acceptors (Lipinski definition) is 4. The van der Waals surface area contributed by atoms with E-state index in [0.29, 0.717) is 27.6 Å². The van der Waals surface area contributed by atoms with E-state index >= 15 is 0 Å². The van der Waals surface area contributed by atoms with Gasteiger partial charge in [-0.15, -0.1) is 0 Å². The van der Waals surface area contributed by atoms with Crippen molar-refractivity contribution in [3.8, 4) is 5.75 Å². The molecular formula is C15H15ClN4O2. The van der Waals surface area contributed by atoms with Gasteiger partial charge in [-0.3, -0.25) is 9.89 Å². The van der Waals surface area contributed by atoms with Crippen LogP contribution in [0.2, 0.25) is 5.02 Å². The van der Waals surface area contributed by atoms with Crippen LogP contribution in [0.5, 0.6) is 5.75 Å². The lowest BCUT2D eigenvalue weighted by molar-refractivity contribution is 0.296. The molecule has 114 valence electrons. The maximum atomic E-state index is 12.0. The van der Waals surface area contributed by atoms with E-state index in [9.17, 15) is 4.79 Å². The molecule has 7 heteroatoms. The van der Waals surface area contributed by atoms with Gasteiger partial charge in [-0.1, -0.05) is 25.4 Å². The Kier molecular flexibility index (Phi) is 3.85. The number of hydrogen-bond donors (Lipinski definition) is 2. The molecule has 0 aliphatic rings. The van der Waals surface area contributed by atoms with Crippen LogP contribution >= 0.6 is 11.6 Å². The molecule has 0 amide bonds. The normalized spacial score (nSPS) is 11.3. The number of H-pyrrole nitrogens is 2. The summed E-state index contributed by atoms with van der Waals surface area (Å²) in [6, 6.07) is 7.00. The number of ether oxygens (including phenoxy) is 1. The molecule has 2 heterocycles. The summed E-state index contributed by atoms with van der Waals surface area (Å²) in [6.45, 7) is 4.19. The summed E-state index contributed by atoms with van der Waals surface area (Å²) in [7, 11) is 0. The van der Waals surface area contributed by atoms with E-state index < -0.39 is 0 Å². The summed E-state index contributed by atoms with van der Waals surface area (Å²) in [5.74, 6) is 1.31. The minimum absolute atomic E-state index is 0.162. The monoisotopic (exact) mass is 318 g/mol. The van der Waals surface area contributed by atoms with Gasteiger partial charge >= 0.3 is 0 Å². The summed E-state index contributed by atoms with van der Waals surface area (Å²) in [6.07, 6.45) is 0. The highest BCUT2D eigenvalue weighted by Gasteiger charge is 2.14. The average molecular weight is 319 g/mol. The average Bonchev–Trinajstić information content (AvgIpc) is 2.91. The van der Waals surface area contributed by atoms with Crippen LogP contribution in [0.3, 0.4) is 0 Å². The first kappa shape index (κ1) is 14.6. The predicted molar refractivity (Wildman–Crippen MR) is 84.4 cm³/mol. The third-order valence-electron chi connectivity index (χ3n) is 3.25. The number of rotatable bonds is 4. The highest BCUT2D eigenvalue weighted by atomic mass is 35.5. The molecule has 0 atom stereocenters. The first-order valence-corrected chi connectivity index (χ1v) is 7.28. The number of nitrogens with one attached hydrogen (secondary N) is 2. The largest absolute Gasteiger partial charge is 0.486 e. The SMILES string of the molecule is CC(C)c1[nH]nc2c(=O)[nH]c(COc3ccc(Cl)cc3)nc12. The highest BCUT2D eigenvalue weighted by Crippen LogP contribution is 2.19. The van der Waals surface area contributed by atoms with Crippen molar-refractivity contribution in [2.75, 3.05) is 0 Å². The van der Waals surface area contributed by atoms with E-state index in [1.54, 1.807) is 24.3 Å². The standard InChI is InChI=1S/C15H15ClN4O2/c1-8(2)12-13-14(20-19-12)15(21)18-11(17-13)7-22-10-5-3-9(16)4-6-10/h3-6,8H,7H2,1-2H3,(H,19,20)(H,17,18,21).